The van der Waals surface area contributed by atoms with E-state index in [1.807, 2.05) is 0 Å². The van der Waals surface area contributed by atoms with Crippen molar-refractivity contribution >= 4 is 5.97 Å². The number of hydrogen-bond donors (Lipinski definition) is 1. The molecule has 0 radical (unpaired) electrons. The molecule has 1 heterocycles. The number of benzene rings is 2. The quantitative estimate of drug-likeness (QED) is 0.424. The highest BCUT2D eigenvalue weighted by molar-refractivity contribution is 5.66. The number of unbranched alkanes of at least 4 members (excludes halogenated alkanes) is 2. The molecule has 3 rings (SSSR count). The number of rotatable bonds is 10. The van der Waals surface area contributed by atoms with Gasteiger partial charge in [0.05, 0.1) is 6.61 Å². The van der Waals surface area contributed by atoms with Crippen molar-refractivity contribution in [3.63, 3.8) is 0 Å². The van der Waals surface area contributed by atoms with Crippen molar-refractivity contribution in [1.29, 1.82) is 0 Å². The lowest BCUT2D eigenvalue weighted by Crippen LogP contribution is -2.41. The molecule has 1 aliphatic rings. The van der Waals surface area contributed by atoms with Crippen LogP contribution in [0.2, 0.25) is 0 Å². The van der Waals surface area contributed by atoms with E-state index in [4.69, 9.17) is 9.84 Å². The first-order valence-electron chi connectivity index (χ1n) is 12.1. The largest absolute Gasteiger partial charge is 0.481 e. The van der Waals surface area contributed by atoms with Gasteiger partial charge in [0.2, 0.25) is 0 Å². The molecule has 0 spiro atoms. The monoisotopic (exact) mass is 437 g/mol. The van der Waals surface area contributed by atoms with Crippen molar-refractivity contribution in [3.05, 3.63) is 59.7 Å². The summed E-state index contributed by atoms with van der Waals surface area (Å²) in [5.74, 6) is -0.697. The number of hydrogen-bond acceptors (Lipinski definition) is 3. The van der Waals surface area contributed by atoms with Gasteiger partial charge in [0.15, 0.2) is 0 Å². The Balaban J connectivity index is 1.49. The Hall–Kier alpha value is -2.17. The van der Waals surface area contributed by atoms with Gasteiger partial charge in [-0.1, -0.05) is 75.7 Å². The van der Waals surface area contributed by atoms with Crippen molar-refractivity contribution in [2.45, 2.75) is 84.0 Å². The summed E-state index contributed by atoms with van der Waals surface area (Å²) in [4.78, 5) is 13.1. The highest BCUT2D eigenvalue weighted by Gasteiger charge is 2.22. The summed E-state index contributed by atoms with van der Waals surface area (Å²) in [5.41, 5.74) is 5.20. The number of nitrogens with zero attached hydrogens (tertiary/aromatic N) is 1. The minimum Gasteiger partial charge on any atom is -0.481 e. The number of likely N-dealkylation sites (tertiary alicyclic amines) is 1. The fourth-order valence-corrected chi connectivity index (χ4v) is 4.32. The molecular formula is C28H39NO3. The second kappa shape index (κ2) is 11.6. The molecule has 1 fully saturated rings. The first-order valence-corrected chi connectivity index (χ1v) is 12.1. The zero-order valence-electron chi connectivity index (χ0n) is 20.0. The maximum atomic E-state index is 10.7. The Morgan fingerprint density at radius 1 is 0.969 bits per heavy atom. The van der Waals surface area contributed by atoms with Gasteiger partial charge in [0.1, 0.15) is 6.23 Å². The van der Waals surface area contributed by atoms with Crippen LogP contribution < -0.4 is 0 Å². The molecule has 0 aliphatic carbocycles. The lowest BCUT2D eigenvalue weighted by molar-refractivity contribution is -0.137. The van der Waals surface area contributed by atoms with E-state index in [-0.39, 0.29) is 18.1 Å². The SMILES string of the molecule is CC(C)(C)c1ccc(-c2ccc(COC3CCCCN3CCCCCC(=O)O)cc2)cc1. The molecule has 0 amide bonds. The Bertz CT molecular complexity index is 836. The molecule has 32 heavy (non-hydrogen) atoms. The molecule has 0 bridgehead atoms. The molecular weight excluding hydrogens is 398 g/mol. The zero-order chi connectivity index (χ0) is 23.0. The van der Waals surface area contributed by atoms with Crippen molar-refractivity contribution < 1.29 is 14.6 Å². The normalized spacial score (nSPS) is 17.4. The third-order valence-electron chi connectivity index (χ3n) is 6.37. The maximum Gasteiger partial charge on any atom is 0.303 e. The van der Waals surface area contributed by atoms with Crippen LogP contribution in [0.4, 0.5) is 0 Å². The van der Waals surface area contributed by atoms with Crippen LogP contribution in [-0.2, 0) is 21.6 Å². The number of carboxylic acid groups (broad SMARTS) is 1. The van der Waals surface area contributed by atoms with Gasteiger partial charge in [-0.25, -0.2) is 0 Å². The molecule has 174 valence electrons. The fourth-order valence-electron chi connectivity index (χ4n) is 4.32. The molecule has 1 aliphatic heterocycles. The first kappa shape index (κ1) is 24.5. The summed E-state index contributed by atoms with van der Waals surface area (Å²) >= 11 is 0. The van der Waals surface area contributed by atoms with Crippen LogP contribution in [-0.4, -0.2) is 35.3 Å². The lowest BCUT2D eigenvalue weighted by Gasteiger charge is -2.35. The number of aliphatic carboxylic acids is 1. The first-order chi connectivity index (χ1) is 15.3. The van der Waals surface area contributed by atoms with Crippen molar-refractivity contribution in [2.24, 2.45) is 0 Å². The van der Waals surface area contributed by atoms with E-state index in [1.165, 1.54) is 35.1 Å². The van der Waals surface area contributed by atoms with Crippen molar-refractivity contribution in [1.82, 2.24) is 4.90 Å². The molecule has 1 unspecified atom stereocenters. The second-order valence-corrected chi connectivity index (χ2v) is 10.0. The second-order valence-electron chi connectivity index (χ2n) is 10.0. The van der Waals surface area contributed by atoms with E-state index < -0.39 is 5.97 Å². The van der Waals surface area contributed by atoms with Gasteiger partial charge < -0.3 is 9.84 Å². The minimum absolute atomic E-state index is 0.172. The Morgan fingerprint density at radius 2 is 1.62 bits per heavy atom. The minimum atomic E-state index is -0.697. The van der Waals surface area contributed by atoms with E-state index in [1.54, 1.807) is 0 Å². The van der Waals surface area contributed by atoms with E-state index in [9.17, 15) is 4.79 Å². The fraction of sp³-hybridized carbons (Fsp3) is 0.536. The van der Waals surface area contributed by atoms with Crippen LogP contribution >= 0.6 is 0 Å². The smallest absolute Gasteiger partial charge is 0.303 e. The molecule has 1 saturated heterocycles. The zero-order valence-corrected chi connectivity index (χ0v) is 20.0. The average Bonchev–Trinajstić information content (AvgIpc) is 2.78. The maximum absolute atomic E-state index is 10.7. The predicted octanol–water partition coefficient (Wildman–Crippen LogP) is 6.62. The van der Waals surface area contributed by atoms with Gasteiger partial charge in [-0.15, -0.1) is 0 Å². The molecule has 0 saturated carbocycles. The topological polar surface area (TPSA) is 49.8 Å². The van der Waals surface area contributed by atoms with Crippen LogP contribution in [0.5, 0.6) is 0 Å². The highest BCUT2D eigenvalue weighted by atomic mass is 16.5. The van der Waals surface area contributed by atoms with Crippen LogP contribution in [0.25, 0.3) is 11.1 Å². The summed E-state index contributed by atoms with van der Waals surface area (Å²) in [6, 6.07) is 17.6. The third-order valence-corrected chi connectivity index (χ3v) is 6.37. The van der Waals surface area contributed by atoms with Crippen molar-refractivity contribution in [3.8, 4) is 11.1 Å². The van der Waals surface area contributed by atoms with Gasteiger partial charge in [-0.3, -0.25) is 9.69 Å². The molecule has 1 atom stereocenters. The molecule has 1 N–H and O–H groups in total. The average molecular weight is 438 g/mol. The van der Waals surface area contributed by atoms with Crippen molar-refractivity contribution in [2.75, 3.05) is 13.1 Å². The molecule has 0 aromatic heterocycles. The summed E-state index contributed by atoms with van der Waals surface area (Å²) in [6.45, 7) is 9.42. The molecule has 4 heteroatoms. The van der Waals surface area contributed by atoms with Crippen LogP contribution in [0.3, 0.4) is 0 Å². The van der Waals surface area contributed by atoms with Gasteiger partial charge in [0, 0.05) is 19.5 Å². The molecule has 2 aromatic carbocycles. The van der Waals surface area contributed by atoms with Crippen LogP contribution in [0.15, 0.2) is 48.5 Å². The highest BCUT2D eigenvalue weighted by Crippen LogP contribution is 2.27. The lowest BCUT2D eigenvalue weighted by atomic mass is 9.86. The van der Waals surface area contributed by atoms with E-state index in [0.29, 0.717) is 6.61 Å². The van der Waals surface area contributed by atoms with Gasteiger partial charge in [-0.2, -0.15) is 0 Å². The van der Waals surface area contributed by atoms with E-state index >= 15 is 0 Å². The number of piperidine rings is 1. The molecule has 2 aromatic rings. The number of carbonyl (C=O) groups is 1. The van der Waals surface area contributed by atoms with E-state index in [2.05, 4.69) is 74.2 Å². The summed E-state index contributed by atoms with van der Waals surface area (Å²) in [5, 5.41) is 8.77. The molecule has 4 nitrogen and oxygen atoms in total. The van der Waals surface area contributed by atoms with Crippen LogP contribution in [0.1, 0.15) is 76.8 Å². The third kappa shape index (κ3) is 7.46. The summed E-state index contributed by atoms with van der Waals surface area (Å²) in [7, 11) is 0. The number of carboxylic acids is 1. The van der Waals surface area contributed by atoms with Gasteiger partial charge in [0.25, 0.3) is 0 Å². The van der Waals surface area contributed by atoms with Gasteiger partial charge >= 0.3 is 5.97 Å². The Kier molecular flexibility index (Phi) is 8.89. The Morgan fingerprint density at radius 3 is 2.25 bits per heavy atom. The standard InChI is InChI=1S/C28H39NO3/c1-28(2,3)25-17-15-24(16-18-25)23-13-11-22(12-14-23)21-32-26-9-6-8-20-29(26)19-7-4-5-10-27(30)31/h11-18,26H,4-10,19-21H2,1-3H3,(H,30,31). The number of ether oxygens (including phenoxy) is 1. The summed E-state index contributed by atoms with van der Waals surface area (Å²) < 4.78 is 6.31. The Labute approximate surface area is 193 Å². The predicted molar refractivity (Wildman–Crippen MR) is 131 cm³/mol. The van der Waals surface area contributed by atoms with Gasteiger partial charge in [-0.05, 0) is 59.8 Å². The summed E-state index contributed by atoms with van der Waals surface area (Å²) in [6.07, 6.45) is 6.72. The van der Waals surface area contributed by atoms with E-state index in [0.717, 1.165) is 38.8 Å². The van der Waals surface area contributed by atoms with Crippen LogP contribution in [0, 0.1) is 0 Å².